The van der Waals surface area contributed by atoms with E-state index in [0.717, 1.165) is 5.92 Å². The number of nitrogens with zero attached hydrogens (tertiary/aromatic N) is 1. The molecule has 0 aliphatic heterocycles. The quantitative estimate of drug-likeness (QED) is 0.652. The van der Waals surface area contributed by atoms with Crippen LogP contribution in [0.25, 0.3) is 0 Å². The van der Waals surface area contributed by atoms with Crippen LogP contribution < -0.4 is 0 Å². The lowest BCUT2D eigenvalue weighted by Crippen LogP contribution is -2.41. The number of hydrogen-bond acceptors (Lipinski definition) is 1. The summed E-state index contributed by atoms with van der Waals surface area (Å²) in [7, 11) is 2.23. The van der Waals surface area contributed by atoms with Gasteiger partial charge in [-0.2, -0.15) is 0 Å². The second-order valence-corrected chi connectivity index (χ2v) is 5.59. The zero-order valence-electron chi connectivity index (χ0n) is 9.80. The summed E-state index contributed by atoms with van der Waals surface area (Å²) in [5.74, 6) is 0.801. The normalized spacial score (nSPS) is 28.7. The molecule has 0 heterocycles. The minimum atomic E-state index is 0.390. The third-order valence-corrected chi connectivity index (χ3v) is 3.78. The number of hydrogen-bond donors (Lipinski definition) is 0. The first kappa shape index (κ1) is 12.3. The van der Waals surface area contributed by atoms with Crippen LogP contribution in [-0.4, -0.2) is 29.9 Å². The Bertz CT molecular complexity index is 158. The van der Waals surface area contributed by atoms with Gasteiger partial charge in [0.05, 0.1) is 0 Å². The van der Waals surface area contributed by atoms with Gasteiger partial charge in [0.25, 0.3) is 0 Å². The van der Waals surface area contributed by atoms with Crippen LogP contribution >= 0.6 is 11.6 Å². The molecule has 0 amide bonds. The fraction of sp³-hybridized carbons (Fsp3) is 1.00. The summed E-state index contributed by atoms with van der Waals surface area (Å²) in [6, 6.07) is 0.629. The van der Waals surface area contributed by atoms with Crippen molar-refractivity contribution < 1.29 is 0 Å². The molecule has 0 aromatic heterocycles. The fourth-order valence-corrected chi connectivity index (χ4v) is 2.66. The molecule has 0 bridgehead atoms. The second-order valence-electron chi connectivity index (χ2n) is 5.03. The summed E-state index contributed by atoms with van der Waals surface area (Å²) in [4.78, 5) is 2.47. The van der Waals surface area contributed by atoms with E-state index >= 15 is 0 Å². The molecule has 0 radical (unpaired) electrons. The Morgan fingerprint density at radius 3 is 2.50 bits per heavy atom. The minimum absolute atomic E-state index is 0.390. The molecule has 2 heteroatoms. The number of halogens is 1. The van der Waals surface area contributed by atoms with Crippen LogP contribution in [0.4, 0.5) is 0 Å². The van der Waals surface area contributed by atoms with Crippen molar-refractivity contribution in [3.8, 4) is 0 Å². The fourth-order valence-electron chi connectivity index (χ4n) is 2.19. The molecular weight excluding hydrogens is 194 g/mol. The Balaban J connectivity index is 2.30. The highest BCUT2D eigenvalue weighted by Crippen LogP contribution is 2.26. The monoisotopic (exact) mass is 217 g/mol. The molecule has 14 heavy (non-hydrogen) atoms. The first-order valence-corrected chi connectivity index (χ1v) is 6.39. The molecule has 84 valence electrons. The van der Waals surface area contributed by atoms with Gasteiger partial charge in [-0.3, -0.25) is 0 Å². The Labute approximate surface area is 93.8 Å². The first-order valence-electron chi connectivity index (χ1n) is 5.95. The van der Waals surface area contributed by atoms with Crippen LogP contribution in [0.3, 0.4) is 0 Å². The van der Waals surface area contributed by atoms with Crippen LogP contribution in [0, 0.1) is 5.92 Å². The van der Waals surface area contributed by atoms with Gasteiger partial charge < -0.3 is 4.90 Å². The summed E-state index contributed by atoms with van der Waals surface area (Å²) < 4.78 is 0. The van der Waals surface area contributed by atoms with E-state index in [-0.39, 0.29) is 0 Å². The summed E-state index contributed by atoms with van der Waals surface area (Å²) in [6.45, 7) is 5.77. The zero-order valence-corrected chi connectivity index (χ0v) is 10.6. The lowest BCUT2D eigenvalue weighted by Gasteiger charge is -2.35. The Morgan fingerprint density at radius 1 is 1.29 bits per heavy atom. The summed E-state index contributed by atoms with van der Waals surface area (Å²) in [5.41, 5.74) is 0. The van der Waals surface area contributed by atoms with E-state index < -0.39 is 0 Å². The lowest BCUT2D eigenvalue weighted by atomic mass is 9.93. The van der Waals surface area contributed by atoms with E-state index in [1.54, 1.807) is 0 Å². The van der Waals surface area contributed by atoms with E-state index in [2.05, 4.69) is 25.8 Å². The van der Waals surface area contributed by atoms with E-state index in [0.29, 0.717) is 11.4 Å². The van der Waals surface area contributed by atoms with Crippen LogP contribution in [0.1, 0.15) is 46.0 Å². The van der Waals surface area contributed by atoms with Crippen LogP contribution in [-0.2, 0) is 0 Å². The maximum absolute atomic E-state index is 6.35. The van der Waals surface area contributed by atoms with Gasteiger partial charge in [-0.25, -0.2) is 0 Å². The van der Waals surface area contributed by atoms with Crippen LogP contribution in [0.5, 0.6) is 0 Å². The summed E-state index contributed by atoms with van der Waals surface area (Å²) in [5, 5.41) is 0.390. The molecule has 0 aromatic rings. The Morgan fingerprint density at radius 2 is 1.93 bits per heavy atom. The molecule has 1 rings (SSSR count). The van der Waals surface area contributed by atoms with Gasteiger partial charge in [0.1, 0.15) is 0 Å². The molecule has 0 saturated heterocycles. The van der Waals surface area contributed by atoms with Gasteiger partial charge in [0.2, 0.25) is 0 Å². The van der Waals surface area contributed by atoms with Crippen molar-refractivity contribution in [2.45, 2.75) is 57.4 Å². The molecule has 1 aliphatic carbocycles. The molecular formula is C12H24ClN. The standard InChI is InChI=1S/C12H24ClN/c1-10(2)8-9-14(3)12-7-5-4-6-11(12)13/h10-12H,4-9H2,1-3H3. The molecule has 0 N–H and O–H groups in total. The van der Waals surface area contributed by atoms with Crippen LogP contribution in [0.15, 0.2) is 0 Å². The molecule has 2 unspecified atom stereocenters. The van der Waals surface area contributed by atoms with Crippen LogP contribution in [0.2, 0.25) is 0 Å². The average molecular weight is 218 g/mol. The SMILES string of the molecule is CC(C)CCN(C)C1CCCCC1Cl. The predicted octanol–water partition coefficient (Wildman–Crippen LogP) is 3.51. The van der Waals surface area contributed by atoms with Crippen molar-refractivity contribution in [1.29, 1.82) is 0 Å². The maximum Gasteiger partial charge on any atom is 0.0491 e. The number of rotatable bonds is 4. The van der Waals surface area contributed by atoms with E-state index in [1.807, 2.05) is 0 Å². The van der Waals surface area contributed by atoms with Gasteiger partial charge in [-0.1, -0.05) is 26.7 Å². The Kier molecular flexibility index (Phi) is 5.25. The highest BCUT2D eigenvalue weighted by molar-refractivity contribution is 6.21. The van der Waals surface area contributed by atoms with Crippen molar-refractivity contribution in [3.63, 3.8) is 0 Å². The van der Waals surface area contributed by atoms with Crippen molar-refractivity contribution in [1.82, 2.24) is 4.90 Å². The molecule has 1 nitrogen and oxygen atoms in total. The zero-order chi connectivity index (χ0) is 10.6. The summed E-state index contributed by atoms with van der Waals surface area (Å²) in [6.07, 6.45) is 6.47. The highest BCUT2D eigenvalue weighted by Gasteiger charge is 2.26. The topological polar surface area (TPSA) is 3.24 Å². The van der Waals surface area contributed by atoms with Crippen molar-refractivity contribution in [3.05, 3.63) is 0 Å². The highest BCUT2D eigenvalue weighted by atomic mass is 35.5. The molecule has 1 saturated carbocycles. The lowest BCUT2D eigenvalue weighted by molar-refractivity contribution is 0.187. The molecule has 1 aliphatic rings. The smallest absolute Gasteiger partial charge is 0.0491 e. The third-order valence-electron chi connectivity index (χ3n) is 3.27. The van der Waals surface area contributed by atoms with Gasteiger partial charge in [-0.15, -0.1) is 11.6 Å². The maximum atomic E-state index is 6.35. The molecule has 1 fully saturated rings. The second kappa shape index (κ2) is 5.97. The number of alkyl halides is 1. The third kappa shape index (κ3) is 3.78. The van der Waals surface area contributed by atoms with Gasteiger partial charge in [-0.05, 0) is 38.8 Å². The largest absolute Gasteiger partial charge is 0.302 e. The first-order chi connectivity index (χ1) is 6.61. The summed E-state index contributed by atoms with van der Waals surface area (Å²) >= 11 is 6.35. The van der Waals surface area contributed by atoms with Gasteiger partial charge in [0.15, 0.2) is 0 Å². The van der Waals surface area contributed by atoms with Crippen molar-refractivity contribution >= 4 is 11.6 Å². The van der Waals surface area contributed by atoms with E-state index in [1.165, 1.54) is 38.6 Å². The minimum Gasteiger partial charge on any atom is -0.302 e. The molecule has 2 atom stereocenters. The Hall–Kier alpha value is 0.250. The average Bonchev–Trinajstić information content (AvgIpc) is 2.15. The van der Waals surface area contributed by atoms with E-state index in [4.69, 9.17) is 11.6 Å². The van der Waals surface area contributed by atoms with Crippen molar-refractivity contribution in [2.75, 3.05) is 13.6 Å². The van der Waals surface area contributed by atoms with Gasteiger partial charge >= 0.3 is 0 Å². The molecule has 0 spiro atoms. The van der Waals surface area contributed by atoms with Crippen molar-refractivity contribution in [2.24, 2.45) is 5.92 Å². The molecule has 0 aromatic carbocycles. The van der Waals surface area contributed by atoms with E-state index in [9.17, 15) is 0 Å². The van der Waals surface area contributed by atoms with Gasteiger partial charge in [0, 0.05) is 11.4 Å². The predicted molar refractivity (Wildman–Crippen MR) is 64.0 cm³/mol.